The van der Waals surface area contributed by atoms with Crippen molar-refractivity contribution in [3.63, 3.8) is 0 Å². The van der Waals surface area contributed by atoms with Crippen molar-refractivity contribution in [3.8, 4) is 0 Å². The SMILES string of the molecule is CCOCCOC(O)CCS. The second-order valence-electron chi connectivity index (χ2n) is 2.03. The zero-order valence-electron chi connectivity index (χ0n) is 6.82. The molecule has 0 aliphatic heterocycles. The third kappa shape index (κ3) is 8.13. The molecule has 0 radical (unpaired) electrons. The fourth-order valence-electron chi connectivity index (χ4n) is 0.581. The van der Waals surface area contributed by atoms with Gasteiger partial charge in [-0.2, -0.15) is 12.6 Å². The van der Waals surface area contributed by atoms with Gasteiger partial charge < -0.3 is 14.6 Å². The number of hydrogen-bond donors (Lipinski definition) is 2. The van der Waals surface area contributed by atoms with E-state index >= 15 is 0 Å². The third-order valence-electron chi connectivity index (χ3n) is 1.12. The van der Waals surface area contributed by atoms with Crippen molar-refractivity contribution in [2.45, 2.75) is 19.6 Å². The molecule has 0 fully saturated rings. The van der Waals surface area contributed by atoms with Gasteiger partial charge in [-0.05, 0) is 12.7 Å². The van der Waals surface area contributed by atoms with Crippen LogP contribution < -0.4 is 0 Å². The molecular formula is C7H16O3S. The maximum atomic E-state index is 9.02. The average molecular weight is 180 g/mol. The number of ether oxygens (including phenoxy) is 2. The first kappa shape index (κ1) is 11.2. The number of aliphatic hydroxyl groups excluding tert-OH is 1. The summed E-state index contributed by atoms with van der Waals surface area (Å²) in [6, 6.07) is 0. The number of hydrogen-bond acceptors (Lipinski definition) is 4. The molecule has 0 aromatic carbocycles. The quantitative estimate of drug-likeness (QED) is 0.344. The maximum absolute atomic E-state index is 9.02. The monoisotopic (exact) mass is 180 g/mol. The molecule has 0 aromatic heterocycles. The molecule has 11 heavy (non-hydrogen) atoms. The molecule has 1 unspecified atom stereocenters. The highest BCUT2D eigenvalue weighted by atomic mass is 32.1. The van der Waals surface area contributed by atoms with E-state index in [0.717, 1.165) is 0 Å². The minimum Gasteiger partial charge on any atom is -0.379 e. The Kier molecular flexibility index (Phi) is 8.50. The van der Waals surface area contributed by atoms with E-state index in [2.05, 4.69) is 12.6 Å². The Hall–Kier alpha value is 0.230. The Balaban J connectivity index is 2.97. The molecule has 0 amide bonds. The van der Waals surface area contributed by atoms with Gasteiger partial charge in [-0.1, -0.05) is 0 Å². The minimum absolute atomic E-state index is 0.447. The highest BCUT2D eigenvalue weighted by Gasteiger charge is 2.00. The van der Waals surface area contributed by atoms with Crippen LogP contribution in [0.4, 0.5) is 0 Å². The molecule has 4 heteroatoms. The molecule has 0 spiro atoms. The van der Waals surface area contributed by atoms with Crippen LogP contribution in [0, 0.1) is 0 Å². The molecule has 0 bridgehead atoms. The summed E-state index contributed by atoms with van der Waals surface area (Å²) in [5.74, 6) is 0.635. The fourth-order valence-corrected chi connectivity index (χ4v) is 0.802. The Morgan fingerprint density at radius 1 is 1.45 bits per heavy atom. The van der Waals surface area contributed by atoms with Crippen molar-refractivity contribution in [2.24, 2.45) is 0 Å². The van der Waals surface area contributed by atoms with Crippen molar-refractivity contribution in [1.82, 2.24) is 0 Å². The highest BCUT2D eigenvalue weighted by Crippen LogP contribution is 1.95. The lowest BCUT2D eigenvalue weighted by Gasteiger charge is -2.09. The third-order valence-corrected chi connectivity index (χ3v) is 1.38. The Labute approximate surface area is 73.1 Å². The Morgan fingerprint density at radius 3 is 2.73 bits per heavy atom. The molecule has 3 nitrogen and oxygen atoms in total. The molecule has 1 atom stereocenters. The summed E-state index contributed by atoms with van der Waals surface area (Å²) in [5.41, 5.74) is 0. The van der Waals surface area contributed by atoms with Crippen LogP contribution in [0.5, 0.6) is 0 Å². The van der Waals surface area contributed by atoms with Crippen LogP contribution in [0.3, 0.4) is 0 Å². The molecule has 68 valence electrons. The second kappa shape index (κ2) is 8.33. The van der Waals surface area contributed by atoms with Crippen LogP contribution in [0.1, 0.15) is 13.3 Å². The van der Waals surface area contributed by atoms with Gasteiger partial charge in [0.1, 0.15) is 0 Å². The summed E-state index contributed by atoms with van der Waals surface area (Å²) in [6.07, 6.45) is -0.122. The van der Waals surface area contributed by atoms with Gasteiger partial charge in [0.2, 0.25) is 0 Å². The van der Waals surface area contributed by atoms with Gasteiger partial charge in [0.25, 0.3) is 0 Å². The van der Waals surface area contributed by atoms with E-state index in [9.17, 15) is 0 Å². The molecule has 0 aliphatic carbocycles. The van der Waals surface area contributed by atoms with Crippen molar-refractivity contribution < 1.29 is 14.6 Å². The predicted molar refractivity (Wildman–Crippen MR) is 46.9 cm³/mol. The molecule has 0 aliphatic rings. The molecule has 0 saturated heterocycles. The lowest BCUT2D eigenvalue weighted by molar-refractivity contribution is -0.111. The van der Waals surface area contributed by atoms with Crippen molar-refractivity contribution in [3.05, 3.63) is 0 Å². The van der Waals surface area contributed by atoms with E-state index in [-0.39, 0.29) is 0 Å². The molecule has 0 aromatic rings. The lowest BCUT2D eigenvalue weighted by Crippen LogP contribution is -2.16. The van der Waals surface area contributed by atoms with E-state index in [4.69, 9.17) is 14.6 Å². The first-order valence-electron chi connectivity index (χ1n) is 3.79. The van der Waals surface area contributed by atoms with Crippen LogP contribution in [0.25, 0.3) is 0 Å². The minimum atomic E-state index is -0.687. The first-order valence-corrected chi connectivity index (χ1v) is 4.42. The predicted octanol–water partition coefficient (Wildman–Crippen LogP) is 0.678. The zero-order chi connectivity index (χ0) is 8.53. The molecule has 0 rings (SSSR count). The summed E-state index contributed by atoms with van der Waals surface area (Å²) in [7, 11) is 0. The van der Waals surface area contributed by atoms with Crippen molar-refractivity contribution >= 4 is 12.6 Å². The number of aliphatic hydroxyl groups is 1. The van der Waals surface area contributed by atoms with Crippen molar-refractivity contribution in [2.75, 3.05) is 25.6 Å². The van der Waals surface area contributed by atoms with E-state index in [1.807, 2.05) is 6.92 Å². The first-order chi connectivity index (χ1) is 5.31. The standard InChI is InChI=1S/C7H16O3S/c1-2-9-4-5-10-7(8)3-6-11/h7-8,11H,2-6H2,1H3. The van der Waals surface area contributed by atoms with Gasteiger partial charge in [0.05, 0.1) is 13.2 Å². The Morgan fingerprint density at radius 2 is 2.18 bits per heavy atom. The molecular weight excluding hydrogens is 164 g/mol. The van der Waals surface area contributed by atoms with Crippen LogP contribution in [0.15, 0.2) is 0 Å². The van der Waals surface area contributed by atoms with E-state index in [1.165, 1.54) is 0 Å². The normalized spacial score (nSPS) is 13.4. The summed E-state index contributed by atoms with van der Waals surface area (Å²) < 4.78 is 9.97. The van der Waals surface area contributed by atoms with Gasteiger partial charge in [-0.25, -0.2) is 0 Å². The van der Waals surface area contributed by atoms with Crippen LogP contribution in [-0.4, -0.2) is 37.0 Å². The topological polar surface area (TPSA) is 38.7 Å². The van der Waals surface area contributed by atoms with Crippen LogP contribution >= 0.6 is 12.6 Å². The van der Waals surface area contributed by atoms with E-state index in [1.54, 1.807) is 0 Å². The average Bonchev–Trinajstić information content (AvgIpc) is 1.99. The molecule has 0 heterocycles. The largest absolute Gasteiger partial charge is 0.379 e. The Bertz CT molecular complexity index is 80.1. The summed E-state index contributed by atoms with van der Waals surface area (Å²) in [5, 5.41) is 9.02. The lowest BCUT2D eigenvalue weighted by atomic mass is 10.5. The smallest absolute Gasteiger partial charge is 0.155 e. The summed E-state index contributed by atoms with van der Waals surface area (Å²) >= 11 is 3.95. The van der Waals surface area contributed by atoms with Gasteiger partial charge in [0, 0.05) is 13.0 Å². The van der Waals surface area contributed by atoms with E-state index < -0.39 is 6.29 Å². The summed E-state index contributed by atoms with van der Waals surface area (Å²) in [6.45, 7) is 3.60. The van der Waals surface area contributed by atoms with Gasteiger partial charge in [-0.3, -0.25) is 0 Å². The van der Waals surface area contributed by atoms with Crippen LogP contribution in [-0.2, 0) is 9.47 Å². The van der Waals surface area contributed by atoms with E-state index in [0.29, 0.717) is 32.0 Å². The van der Waals surface area contributed by atoms with Gasteiger partial charge in [0.15, 0.2) is 6.29 Å². The fraction of sp³-hybridized carbons (Fsp3) is 1.00. The number of thiol groups is 1. The van der Waals surface area contributed by atoms with Gasteiger partial charge in [-0.15, -0.1) is 0 Å². The van der Waals surface area contributed by atoms with Crippen LogP contribution in [0.2, 0.25) is 0 Å². The zero-order valence-corrected chi connectivity index (χ0v) is 7.72. The highest BCUT2D eigenvalue weighted by molar-refractivity contribution is 7.80. The molecule has 1 N–H and O–H groups in total. The second-order valence-corrected chi connectivity index (χ2v) is 2.48. The number of rotatable bonds is 7. The summed E-state index contributed by atoms with van der Waals surface area (Å²) in [4.78, 5) is 0. The van der Waals surface area contributed by atoms with Crippen molar-refractivity contribution in [1.29, 1.82) is 0 Å². The van der Waals surface area contributed by atoms with Gasteiger partial charge >= 0.3 is 0 Å². The molecule has 0 saturated carbocycles. The maximum Gasteiger partial charge on any atom is 0.155 e.